The summed E-state index contributed by atoms with van der Waals surface area (Å²) in [4.78, 5) is 0. The Morgan fingerprint density at radius 3 is 1.30 bits per heavy atom. The minimum atomic E-state index is -6.09. The van der Waals surface area contributed by atoms with Crippen molar-refractivity contribution in [2.75, 3.05) is 0 Å². The summed E-state index contributed by atoms with van der Waals surface area (Å²) in [5.74, 6) is 0. The van der Waals surface area contributed by atoms with Crippen LogP contribution in [0, 0.1) is 0 Å². The molecule has 0 N–H and O–H groups in total. The van der Waals surface area contributed by atoms with Crippen molar-refractivity contribution in [3.05, 3.63) is 0 Å². The van der Waals surface area contributed by atoms with Crippen molar-refractivity contribution in [2.24, 2.45) is 0 Å². The van der Waals surface area contributed by atoms with E-state index in [9.17, 15) is 13.2 Å². The number of hydrogen-bond donors (Lipinski definition) is 0. The monoisotopic (exact) mass is 212 g/mol. The topological polar surface area (TPSA) is 57.2 Å². The summed E-state index contributed by atoms with van der Waals surface area (Å²) >= 11 is 0. The molecule has 0 aromatic rings. The van der Waals surface area contributed by atoms with Crippen LogP contribution in [0.15, 0.2) is 0 Å². The van der Waals surface area contributed by atoms with E-state index in [0.717, 1.165) is 0 Å². The number of rotatable bonds is 0. The Morgan fingerprint density at radius 2 is 1.30 bits per heavy atom. The summed E-state index contributed by atoms with van der Waals surface area (Å²) in [5.41, 5.74) is -5.65. The van der Waals surface area contributed by atoms with Crippen LogP contribution in [0.25, 0.3) is 0 Å². The van der Waals surface area contributed by atoms with E-state index < -0.39 is 15.6 Å². The first-order valence-electron chi connectivity index (χ1n) is 1.27. The van der Waals surface area contributed by atoms with Crippen LogP contribution in [0.5, 0.6) is 0 Å². The van der Waals surface area contributed by atoms with Crippen LogP contribution in [0.2, 0.25) is 0 Å². The van der Waals surface area contributed by atoms with Crippen molar-refractivity contribution in [1.29, 1.82) is 0 Å². The average molecular weight is 212 g/mol. The molecule has 10 heavy (non-hydrogen) atoms. The van der Waals surface area contributed by atoms with Gasteiger partial charge in [0.15, 0.2) is 10.1 Å². The molecule has 0 saturated carbocycles. The number of halogens is 3. The Hall–Kier alpha value is 2.34. The molecule has 0 atom stereocenters. The van der Waals surface area contributed by atoms with Crippen molar-refractivity contribution >= 4 is 39.7 Å². The van der Waals surface area contributed by atoms with Gasteiger partial charge in [0.05, 0.1) is 0 Å². The van der Waals surface area contributed by atoms with Crippen molar-refractivity contribution in [3.8, 4) is 0 Å². The summed E-state index contributed by atoms with van der Waals surface area (Å²) in [5, 5.41) is 0. The second-order valence-electron chi connectivity index (χ2n) is 0.900. The van der Waals surface area contributed by atoms with Crippen LogP contribution in [0.3, 0.4) is 0 Å². The molecule has 0 heterocycles. The fraction of sp³-hybridized carbons (Fsp3) is 1.00. The molecule has 9 heteroatoms. The molecule has 52 valence electrons. The number of alkyl halides is 3. The van der Waals surface area contributed by atoms with Crippen molar-refractivity contribution in [1.82, 2.24) is 0 Å². The molecule has 0 bridgehead atoms. The van der Waals surface area contributed by atoms with Crippen LogP contribution in [0.4, 0.5) is 13.2 Å². The molecule has 0 aliphatic heterocycles. The van der Waals surface area contributed by atoms with Gasteiger partial charge in [0, 0.05) is 0 Å². The molecule has 3 nitrogen and oxygen atoms in total. The normalized spacial score (nSPS) is 11.2. The molecule has 0 amide bonds. The molecule has 0 aliphatic rings. The maximum absolute atomic E-state index is 10.7. The fourth-order valence-electron chi connectivity index (χ4n) is 0. The zero-order valence-electron chi connectivity index (χ0n) is 4.27. The first-order valence-corrected chi connectivity index (χ1v) is 2.68. The third-order valence-electron chi connectivity index (χ3n) is 0.283. The van der Waals surface area contributed by atoms with Crippen LogP contribution >= 0.6 is 0 Å². The van der Waals surface area contributed by atoms with E-state index in [0.29, 0.717) is 0 Å². The van der Waals surface area contributed by atoms with Crippen molar-refractivity contribution in [3.63, 3.8) is 0 Å². The van der Waals surface area contributed by atoms with E-state index in [1.54, 1.807) is 0 Å². The van der Waals surface area contributed by atoms with Gasteiger partial charge in [0.1, 0.15) is 0 Å². The summed E-state index contributed by atoms with van der Waals surface area (Å²) in [7, 11) is -6.09. The van der Waals surface area contributed by atoms with Gasteiger partial charge in [-0.2, -0.15) is 13.2 Å². The van der Waals surface area contributed by atoms with Gasteiger partial charge in [-0.15, -0.1) is 0 Å². The predicted molar refractivity (Wildman–Crippen MR) is 22.9 cm³/mol. The summed E-state index contributed by atoms with van der Waals surface area (Å²) in [6.07, 6.45) is 0. The van der Waals surface area contributed by atoms with Gasteiger partial charge in [0.2, 0.25) is 0 Å². The van der Waals surface area contributed by atoms with Crippen LogP contribution in [-0.2, 0) is 10.1 Å². The third kappa shape index (κ3) is 7.01. The second-order valence-corrected chi connectivity index (χ2v) is 2.27. The van der Waals surface area contributed by atoms with Gasteiger partial charge in [-0.25, -0.2) is 8.42 Å². The van der Waals surface area contributed by atoms with Gasteiger partial charge < -0.3 is 4.55 Å². The molecule has 0 spiro atoms. The molecular weight excluding hydrogens is 211 g/mol. The Bertz CT molecular complexity index is 173. The molecular formula is CHF3KNaO3S. The fourth-order valence-corrected chi connectivity index (χ4v) is 0. The van der Waals surface area contributed by atoms with Crippen molar-refractivity contribution in [2.45, 2.75) is 5.51 Å². The molecule has 0 aromatic heterocycles. The first kappa shape index (κ1) is 18.2. The average Bonchev–Trinajstić information content (AvgIpc) is 1.25. The standard InChI is InChI=1S/CHF3O3S.K.Na.H/c2-1(3,4)8(5,6)7;;;/h(H,5,6,7);;;/q;+1;;/p-1. The van der Waals surface area contributed by atoms with Gasteiger partial charge in [-0.3, -0.25) is 0 Å². The number of hydrogen-bond acceptors (Lipinski definition) is 3. The second kappa shape index (κ2) is 5.89. The molecule has 0 radical (unpaired) electrons. The van der Waals surface area contributed by atoms with Crippen LogP contribution in [-0.4, -0.2) is 48.0 Å². The van der Waals surface area contributed by atoms with Crippen LogP contribution < -0.4 is 51.4 Å². The van der Waals surface area contributed by atoms with Gasteiger partial charge in [0.25, 0.3) is 0 Å². The van der Waals surface area contributed by atoms with Crippen molar-refractivity contribution < 1.29 is 77.5 Å². The molecule has 0 unspecified atom stereocenters. The Labute approximate surface area is 120 Å². The molecule has 0 aliphatic carbocycles. The SMILES string of the molecule is O=S(=O)([O-])C(F)(F)F.[K+].[NaH]. The maximum atomic E-state index is 10.7. The quantitative estimate of drug-likeness (QED) is 0.237. The van der Waals surface area contributed by atoms with Crippen LogP contribution in [0.1, 0.15) is 0 Å². The summed E-state index contributed by atoms with van der Waals surface area (Å²) in [6.45, 7) is 0. The zero-order chi connectivity index (χ0) is 7.00. The molecule has 0 fully saturated rings. The van der Waals surface area contributed by atoms with E-state index in [1.807, 2.05) is 0 Å². The van der Waals surface area contributed by atoms with Gasteiger partial charge in [-0.05, 0) is 0 Å². The third-order valence-corrected chi connectivity index (χ3v) is 0.850. The van der Waals surface area contributed by atoms with E-state index >= 15 is 0 Å². The minimum absolute atomic E-state index is 0. The Morgan fingerprint density at radius 1 is 1.20 bits per heavy atom. The summed E-state index contributed by atoms with van der Waals surface area (Å²) in [6, 6.07) is 0. The first-order chi connectivity index (χ1) is 3.25. The zero-order valence-corrected chi connectivity index (χ0v) is 8.21. The van der Waals surface area contributed by atoms with E-state index in [4.69, 9.17) is 13.0 Å². The van der Waals surface area contributed by atoms with E-state index in [2.05, 4.69) is 0 Å². The Balaban J connectivity index is -0.000000245. The summed E-state index contributed by atoms with van der Waals surface area (Å²) < 4.78 is 58.9. The molecule has 0 aromatic carbocycles. The molecule has 0 saturated heterocycles. The van der Waals surface area contributed by atoms with E-state index in [-0.39, 0.29) is 80.9 Å². The van der Waals surface area contributed by atoms with Gasteiger partial charge >= 0.3 is 86.5 Å². The Kier molecular flexibility index (Phi) is 10.7. The van der Waals surface area contributed by atoms with E-state index in [1.165, 1.54) is 0 Å². The molecule has 0 rings (SSSR count). The predicted octanol–water partition coefficient (Wildman–Crippen LogP) is -3.59. The van der Waals surface area contributed by atoms with Gasteiger partial charge in [-0.1, -0.05) is 0 Å².